The van der Waals surface area contributed by atoms with Crippen molar-refractivity contribution in [3.05, 3.63) is 0 Å². The smallest absolute Gasteiger partial charge is 0.194 e. The molecule has 0 rings (SSSR count). The topological polar surface area (TPSA) is 98.0 Å². The van der Waals surface area contributed by atoms with E-state index >= 15 is 0 Å². The Morgan fingerprint density at radius 2 is 1.83 bits per heavy atom. The Bertz CT molecular complexity index is 147. The van der Waals surface area contributed by atoms with E-state index in [0.717, 1.165) is 0 Å². The maximum absolute atomic E-state index is 10.9. The van der Waals surface area contributed by atoms with Gasteiger partial charge in [0, 0.05) is 0 Å². The lowest BCUT2D eigenvalue weighted by Crippen LogP contribution is -2.41. The molecule has 0 aromatic heterocycles. The van der Waals surface area contributed by atoms with E-state index in [1.165, 1.54) is 0 Å². The van der Waals surface area contributed by atoms with E-state index in [4.69, 9.17) is 20.4 Å². The van der Waals surface area contributed by atoms with Crippen LogP contribution in [0.5, 0.6) is 0 Å². The lowest BCUT2D eigenvalue weighted by Gasteiger charge is -2.16. The second-order valence-electron chi connectivity index (χ2n) is 2.52. The standard InChI is InChI=1S/C7H14O5/c1-2-4(9)6(11)7(12)5(10)3-8/h4-6,8-11H,2-3H2,1H3/t4-,5+,6-/m1/s1. The third-order valence-corrected chi connectivity index (χ3v) is 1.58. The minimum absolute atomic E-state index is 0.213. The van der Waals surface area contributed by atoms with Gasteiger partial charge < -0.3 is 20.4 Å². The largest absolute Gasteiger partial charge is 0.393 e. The minimum Gasteiger partial charge on any atom is -0.393 e. The molecule has 0 aliphatic rings. The quantitative estimate of drug-likeness (QED) is 0.392. The van der Waals surface area contributed by atoms with E-state index in [-0.39, 0.29) is 6.42 Å². The minimum atomic E-state index is -1.61. The molecule has 0 radical (unpaired) electrons. The number of hydrogen-bond acceptors (Lipinski definition) is 5. The molecule has 72 valence electrons. The van der Waals surface area contributed by atoms with Gasteiger partial charge in [-0.1, -0.05) is 6.92 Å². The molecule has 3 atom stereocenters. The SMILES string of the molecule is CC[C@@H](O)[C@@H](O)C(=O)[C@@H](O)CO. The summed E-state index contributed by atoms with van der Waals surface area (Å²) in [6.45, 7) is 0.846. The third kappa shape index (κ3) is 2.86. The summed E-state index contributed by atoms with van der Waals surface area (Å²) in [5.74, 6) is -0.952. The first kappa shape index (κ1) is 11.5. The number of carbonyl (C=O) groups is 1. The second kappa shape index (κ2) is 5.21. The molecule has 0 unspecified atom stereocenters. The maximum Gasteiger partial charge on any atom is 0.194 e. The molecule has 0 aromatic carbocycles. The average Bonchev–Trinajstić information content (AvgIpc) is 2.12. The molecule has 0 fully saturated rings. The highest BCUT2D eigenvalue weighted by Gasteiger charge is 2.27. The molecule has 5 heteroatoms. The molecule has 5 nitrogen and oxygen atoms in total. The third-order valence-electron chi connectivity index (χ3n) is 1.58. The fraction of sp³-hybridized carbons (Fsp3) is 0.857. The van der Waals surface area contributed by atoms with Crippen LogP contribution in [0.2, 0.25) is 0 Å². The highest BCUT2D eigenvalue weighted by Crippen LogP contribution is 2.02. The molecule has 4 N–H and O–H groups in total. The zero-order valence-corrected chi connectivity index (χ0v) is 6.84. The fourth-order valence-corrected chi connectivity index (χ4v) is 0.700. The number of hydrogen-bond donors (Lipinski definition) is 4. The molecule has 0 bridgehead atoms. The highest BCUT2D eigenvalue weighted by molar-refractivity contribution is 5.87. The van der Waals surface area contributed by atoms with Crippen molar-refractivity contribution >= 4 is 5.78 Å². The van der Waals surface area contributed by atoms with Gasteiger partial charge in [-0.05, 0) is 6.42 Å². The summed E-state index contributed by atoms with van der Waals surface area (Å²) in [5, 5.41) is 35.1. The van der Waals surface area contributed by atoms with Crippen molar-refractivity contribution in [3.8, 4) is 0 Å². The number of aliphatic hydroxyl groups excluding tert-OH is 4. The van der Waals surface area contributed by atoms with Crippen LogP contribution >= 0.6 is 0 Å². The summed E-state index contributed by atoms with van der Waals surface area (Å²) in [4.78, 5) is 10.9. The van der Waals surface area contributed by atoms with Crippen LogP contribution in [0.3, 0.4) is 0 Å². The summed E-state index contributed by atoms with van der Waals surface area (Å²) in [6.07, 6.45) is -4.19. The molecule has 0 aliphatic carbocycles. The van der Waals surface area contributed by atoms with E-state index in [0.29, 0.717) is 0 Å². The monoisotopic (exact) mass is 178 g/mol. The van der Waals surface area contributed by atoms with E-state index in [9.17, 15) is 4.79 Å². The maximum atomic E-state index is 10.9. The van der Waals surface area contributed by atoms with E-state index in [2.05, 4.69) is 0 Å². The van der Waals surface area contributed by atoms with Crippen molar-refractivity contribution in [2.75, 3.05) is 6.61 Å². The number of ketones is 1. The molecule has 0 heterocycles. The highest BCUT2D eigenvalue weighted by atomic mass is 16.4. The Balaban J connectivity index is 4.09. The van der Waals surface area contributed by atoms with Crippen LogP contribution in [-0.2, 0) is 4.79 Å². The second-order valence-corrected chi connectivity index (χ2v) is 2.52. The normalized spacial score (nSPS) is 18.4. The van der Waals surface area contributed by atoms with Crippen LogP contribution < -0.4 is 0 Å². The van der Waals surface area contributed by atoms with Crippen LogP contribution in [-0.4, -0.2) is 51.1 Å². The summed E-state index contributed by atoms with van der Waals surface area (Å²) < 4.78 is 0. The molecular weight excluding hydrogens is 164 g/mol. The summed E-state index contributed by atoms with van der Waals surface area (Å²) >= 11 is 0. The Morgan fingerprint density at radius 3 is 2.17 bits per heavy atom. The van der Waals surface area contributed by atoms with Crippen molar-refractivity contribution in [2.45, 2.75) is 31.7 Å². The molecule has 12 heavy (non-hydrogen) atoms. The number of aliphatic hydroxyl groups is 4. The lowest BCUT2D eigenvalue weighted by atomic mass is 10.0. The molecule has 0 amide bonds. The first-order valence-corrected chi connectivity index (χ1v) is 3.73. The molecule has 0 aliphatic heterocycles. The number of Topliss-reactive ketones (excluding diaryl/α,β-unsaturated/α-hetero) is 1. The van der Waals surface area contributed by atoms with Gasteiger partial charge in [0.05, 0.1) is 12.7 Å². The van der Waals surface area contributed by atoms with Crippen molar-refractivity contribution < 1.29 is 25.2 Å². The zero-order valence-electron chi connectivity index (χ0n) is 6.84. The molecular formula is C7H14O5. The van der Waals surface area contributed by atoms with Crippen LogP contribution in [0.15, 0.2) is 0 Å². The van der Waals surface area contributed by atoms with Crippen LogP contribution in [0.1, 0.15) is 13.3 Å². The molecule has 0 aromatic rings. The van der Waals surface area contributed by atoms with Gasteiger partial charge in [0.2, 0.25) is 0 Å². The number of carbonyl (C=O) groups excluding carboxylic acids is 1. The van der Waals surface area contributed by atoms with E-state index in [1.54, 1.807) is 6.92 Å². The van der Waals surface area contributed by atoms with Gasteiger partial charge in [-0.25, -0.2) is 0 Å². The summed E-state index contributed by atoms with van der Waals surface area (Å²) in [5.41, 5.74) is 0. The average molecular weight is 178 g/mol. The Hall–Kier alpha value is -0.490. The van der Waals surface area contributed by atoms with E-state index < -0.39 is 30.7 Å². The van der Waals surface area contributed by atoms with Gasteiger partial charge in [-0.2, -0.15) is 0 Å². The molecule has 0 saturated carbocycles. The Kier molecular flexibility index (Phi) is 5.00. The summed E-state index contributed by atoms with van der Waals surface area (Å²) in [6, 6.07) is 0. The predicted octanol–water partition coefficient (Wildman–Crippen LogP) is -1.96. The van der Waals surface area contributed by atoms with Gasteiger partial charge >= 0.3 is 0 Å². The van der Waals surface area contributed by atoms with Crippen LogP contribution in [0.4, 0.5) is 0 Å². The first-order valence-electron chi connectivity index (χ1n) is 3.73. The van der Waals surface area contributed by atoms with Crippen molar-refractivity contribution in [2.24, 2.45) is 0 Å². The van der Waals surface area contributed by atoms with Gasteiger partial charge in [0.25, 0.3) is 0 Å². The van der Waals surface area contributed by atoms with Crippen LogP contribution in [0, 0.1) is 0 Å². The fourth-order valence-electron chi connectivity index (χ4n) is 0.700. The predicted molar refractivity (Wildman–Crippen MR) is 40.4 cm³/mol. The Labute approximate surface area is 70.3 Å². The van der Waals surface area contributed by atoms with Crippen molar-refractivity contribution in [3.63, 3.8) is 0 Å². The van der Waals surface area contributed by atoms with Gasteiger partial charge in [0.1, 0.15) is 12.2 Å². The van der Waals surface area contributed by atoms with Crippen LogP contribution in [0.25, 0.3) is 0 Å². The number of rotatable bonds is 5. The van der Waals surface area contributed by atoms with Gasteiger partial charge in [0.15, 0.2) is 5.78 Å². The lowest BCUT2D eigenvalue weighted by molar-refractivity contribution is -0.143. The first-order chi connectivity index (χ1) is 5.54. The Morgan fingerprint density at radius 1 is 1.33 bits per heavy atom. The zero-order chi connectivity index (χ0) is 9.72. The van der Waals surface area contributed by atoms with Gasteiger partial charge in [-0.3, -0.25) is 4.79 Å². The summed E-state index contributed by atoms with van der Waals surface area (Å²) in [7, 11) is 0. The molecule has 0 saturated heterocycles. The van der Waals surface area contributed by atoms with Gasteiger partial charge in [-0.15, -0.1) is 0 Å². The van der Waals surface area contributed by atoms with E-state index in [1.807, 2.05) is 0 Å². The van der Waals surface area contributed by atoms with Crippen molar-refractivity contribution in [1.29, 1.82) is 0 Å². The van der Waals surface area contributed by atoms with Crippen molar-refractivity contribution in [1.82, 2.24) is 0 Å². The molecule has 0 spiro atoms.